The monoisotopic (exact) mass is 596 g/mol. The fourth-order valence-electron chi connectivity index (χ4n) is 6.99. The molecule has 0 spiro atoms. The van der Waals surface area contributed by atoms with Gasteiger partial charge in [-0.25, -0.2) is 0 Å². The van der Waals surface area contributed by atoms with Crippen LogP contribution in [0.4, 0.5) is 5.69 Å². The number of Topliss-reactive ketones (excluding diaryl/α,β-unsaturated/α-hetero) is 2. The van der Waals surface area contributed by atoms with Crippen LogP contribution in [0.15, 0.2) is 83.6 Å². The van der Waals surface area contributed by atoms with E-state index in [0.29, 0.717) is 12.1 Å². The molecular weight excluding hydrogens is 564 g/mol. The molecule has 1 amide bonds. The molecule has 1 aromatic heterocycles. The van der Waals surface area contributed by atoms with Gasteiger partial charge >= 0.3 is 0 Å². The fraction of sp³-hybridized carbons (Fsp3) is 0.273. The summed E-state index contributed by atoms with van der Waals surface area (Å²) >= 11 is 0. The van der Waals surface area contributed by atoms with E-state index in [1.54, 1.807) is 32.6 Å². The van der Waals surface area contributed by atoms with Gasteiger partial charge in [0.05, 0.1) is 17.3 Å². The molecule has 4 atom stereocenters. The Balaban J connectivity index is 1.40. The third kappa shape index (κ3) is 4.35. The van der Waals surface area contributed by atoms with Gasteiger partial charge in [0.1, 0.15) is 22.8 Å². The smallest absolute Gasteiger partial charge is 0.255 e. The van der Waals surface area contributed by atoms with Gasteiger partial charge in [-0.05, 0) is 73.3 Å². The number of ketones is 2. The van der Waals surface area contributed by atoms with Crippen LogP contribution in [0.2, 0.25) is 0 Å². The number of primary amides is 1. The Bertz CT molecular complexity index is 1760. The molecule has 1 heterocycles. The maximum atomic E-state index is 14.0. The number of hydrogen-bond donors (Lipinski definition) is 6. The molecule has 44 heavy (non-hydrogen) atoms. The topological polar surface area (TPSA) is 186 Å². The van der Waals surface area contributed by atoms with E-state index < -0.39 is 58.0 Å². The summed E-state index contributed by atoms with van der Waals surface area (Å²) in [6, 6.07) is 13.6. The van der Waals surface area contributed by atoms with Crippen LogP contribution in [0.1, 0.15) is 27.9 Å². The van der Waals surface area contributed by atoms with Gasteiger partial charge in [0.25, 0.3) is 5.91 Å². The number of carbonyl (C=O) groups is 3. The number of pyridine rings is 1. The lowest BCUT2D eigenvalue weighted by molar-refractivity contribution is -0.148. The second kappa shape index (κ2) is 10.6. The molecule has 0 radical (unpaired) electrons. The lowest BCUT2D eigenvalue weighted by Crippen LogP contribution is -2.63. The van der Waals surface area contributed by atoms with Crippen molar-refractivity contribution in [1.29, 1.82) is 0 Å². The third-order valence-corrected chi connectivity index (χ3v) is 9.03. The van der Waals surface area contributed by atoms with Crippen molar-refractivity contribution >= 4 is 23.2 Å². The van der Waals surface area contributed by atoms with Crippen LogP contribution in [-0.2, 0) is 22.6 Å². The summed E-state index contributed by atoms with van der Waals surface area (Å²) in [5.74, 6) is -6.74. The minimum atomic E-state index is -2.67. The highest BCUT2D eigenvalue weighted by Crippen LogP contribution is 2.53. The van der Waals surface area contributed by atoms with E-state index in [0.717, 1.165) is 22.4 Å². The van der Waals surface area contributed by atoms with Crippen molar-refractivity contribution < 1.29 is 34.8 Å². The molecule has 11 heteroatoms. The first-order valence-corrected chi connectivity index (χ1v) is 14.2. The summed E-state index contributed by atoms with van der Waals surface area (Å²) in [6.45, 7) is 0.572. The number of aliphatic hydroxyl groups excluding tert-OH is 2. The Hall–Kier alpha value is -5.00. The van der Waals surface area contributed by atoms with Crippen LogP contribution < -0.4 is 11.1 Å². The van der Waals surface area contributed by atoms with E-state index in [4.69, 9.17) is 5.73 Å². The number of phenolic OH excluding ortho intramolecular Hbond substituents is 1. The van der Waals surface area contributed by atoms with E-state index in [2.05, 4.69) is 10.3 Å². The first-order chi connectivity index (χ1) is 20.9. The number of nitrogens with two attached hydrogens (primary N) is 1. The highest BCUT2D eigenvalue weighted by atomic mass is 16.3. The number of anilines is 1. The zero-order chi connectivity index (χ0) is 31.5. The van der Waals surface area contributed by atoms with E-state index in [1.165, 1.54) is 11.0 Å². The lowest BCUT2D eigenvalue weighted by atomic mass is 9.58. The van der Waals surface area contributed by atoms with Crippen molar-refractivity contribution in [2.75, 3.05) is 19.4 Å². The van der Waals surface area contributed by atoms with Gasteiger partial charge in [-0.3, -0.25) is 24.3 Å². The van der Waals surface area contributed by atoms with E-state index in [9.17, 15) is 34.8 Å². The Kier molecular flexibility index (Phi) is 7.02. The summed E-state index contributed by atoms with van der Waals surface area (Å²) in [7, 11) is 3.19. The number of aromatic hydroxyl groups is 1. The molecule has 4 unspecified atom stereocenters. The molecule has 0 aliphatic heterocycles. The summed E-state index contributed by atoms with van der Waals surface area (Å²) in [4.78, 5) is 45.2. The molecule has 3 aliphatic rings. The van der Waals surface area contributed by atoms with Crippen molar-refractivity contribution in [2.45, 2.75) is 31.0 Å². The number of nitrogens with one attached hydrogen (secondary N) is 1. The minimum Gasteiger partial charge on any atom is -0.510 e. The van der Waals surface area contributed by atoms with Gasteiger partial charge in [0.15, 0.2) is 11.4 Å². The number of likely N-dealkylation sites (N-methyl/N-ethyl adjacent to an activating group) is 1. The molecule has 3 aliphatic carbocycles. The van der Waals surface area contributed by atoms with E-state index in [-0.39, 0.29) is 29.7 Å². The van der Waals surface area contributed by atoms with Gasteiger partial charge in [-0.2, -0.15) is 0 Å². The van der Waals surface area contributed by atoms with Gasteiger partial charge in [0.2, 0.25) is 5.78 Å². The third-order valence-electron chi connectivity index (χ3n) is 9.03. The summed E-state index contributed by atoms with van der Waals surface area (Å²) < 4.78 is 0. The zero-order valence-electron chi connectivity index (χ0n) is 24.1. The number of benzene rings is 2. The lowest BCUT2D eigenvalue weighted by Gasteiger charge is -2.50. The molecule has 0 fully saturated rings. The van der Waals surface area contributed by atoms with E-state index >= 15 is 0 Å². The van der Waals surface area contributed by atoms with Crippen molar-refractivity contribution in [3.63, 3.8) is 0 Å². The summed E-state index contributed by atoms with van der Waals surface area (Å²) in [6.07, 6.45) is 3.67. The Morgan fingerprint density at radius 2 is 1.82 bits per heavy atom. The van der Waals surface area contributed by atoms with Crippen molar-refractivity contribution in [1.82, 2.24) is 9.88 Å². The van der Waals surface area contributed by atoms with Gasteiger partial charge in [-0.1, -0.05) is 30.3 Å². The Morgan fingerprint density at radius 1 is 1.09 bits per heavy atom. The number of carbonyl (C=O) groups excluding carboxylic acids is 3. The van der Waals surface area contributed by atoms with Crippen molar-refractivity contribution in [2.24, 2.45) is 17.6 Å². The largest absolute Gasteiger partial charge is 0.510 e. The molecular formula is C33H32N4O7. The van der Waals surface area contributed by atoms with Crippen LogP contribution in [0.25, 0.3) is 11.1 Å². The predicted molar refractivity (Wildman–Crippen MR) is 161 cm³/mol. The number of nitrogens with zero attached hydrogens (tertiary/aromatic N) is 2. The molecule has 11 nitrogen and oxygen atoms in total. The highest BCUT2D eigenvalue weighted by molar-refractivity contribution is 6.24. The number of aliphatic hydroxyl groups is 3. The van der Waals surface area contributed by atoms with Crippen molar-refractivity contribution in [3.8, 4) is 16.9 Å². The Morgan fingerprint density at radius 3 is 2.45 bits per heavy atom. The normalized spacial score (nSPS) is 24.6. The quantitative estimate of drug-likeness (QED) is 0.231. The number of aromatic nitrogens is 1. The minimum absolute atomic E-state index is 0.0226. The second-order valence-corrected chi connectivity index (χ2v) is 11.7. The molecule has 0 bridgehead atoms. The average Bonchev–Trinajstić information content (AvgIpc) is 2.98. The van der Waals surface area contributed by atoms with Crippen LogP contribution in [0.3, 0.4) is 0 Å². The summed E-state index contributed by atoms with van der Waals surface area (Å²) in [5, 5.41) is 48.3. The van der Waals surface area contributed by atoms with Crippen LogP contribution in [0, 0.1) is 11.8 Å². The molecule has 3 aromatic rings. The molecule has 0 saturated heterocycles. The number of fused-ring (bicyclic) bond motifs is 3. The molecule has 0 saturated carbocycles. The van der Waals surface area contributed by atoms with Crippen LogP contribution >= 0.6 is 0 Å². The number of amides is 1. The average molecular weight is 597 g/mol. The van der Waals surface area contributed by atoms with E-state index in [1.807, 2.05) is 36.4 Å². The fourth-order valence-corrected chi connectivity index (χ4v) is 6.99. The number of allylic oxidation sites excluding steroid dienone is 1. The maximum Gasteiger partial charge on any atom is 0.255 e. The number of rotatable bonds is 6. The molecule has 6 rings (SSSR count). The van der Waals surface area contributed by atoms with Crippen molar-refractivity contribution in [3.05, 3.63) is 100 Å². The summed E-state index contributed by atoms with van der Waals surface area (Å²) in [5.41, 5.74) is 5.70. The van der Waals surface area contributed by atoms with Gasteiger partial charge in [0, 0.05) is 30.4 Å². The van der Waals surface area contributed by atoms with Gasteiger partial charge < -0.3 is 31.5 Å². The number of hydrogen-bond acceptors (Lipinski definition) is 10. The highest BCUT2D eigenvalue weighted by Gasteiger charge is 2.63. The molecule has 226 valence electrons. The van der Waals surface area contributed by atoms with Crippen LogP contribution in [-0.4, -0.2) is 73.5 Å². The number of phenols is 1. The molecule has 2 aromatic carbocycles. The first-order valence-electron chi connectivity index (χ1n) is 14.2. The zero-order valence-corrected chi connectivity index (χ0v) is 24.1. The predicted octanol–water partition coefficient (Wildman–Crippen LogP) is 2.79. The maximum absolute atomic E-state index is 14.0. The first kappa shape index (κ1) is 29.1. The van der Waals surface area contributed by atoms with Crippen LogP contribution in [0.5, 0.6) is 5.75 Å². The standard InChI is InChI=1S/C33H32N4O7/c1-37(2)27-22-13-18-12-21-20(17-7-5-16(6-8-17)14-36-19-4-3-11-35-15-19)9-10-23(38)25(21)28(39)24(18)30(41)33(22,44)31(42)26(29(27)40)32(34)43/h3-11,15,18,22,27,36,38,40-41,44H,12-14H2,1-2H3,(H2,34,43). The molecule has 7 N–H and O–H groups in total. The Labute approximate surface area is 253 Å². The SMILES string of the molecule is CN(C)C1C(O)=C(C(N)=O)C(=O)C2(O)C(O)=C3C(=O)c4c(O)ccc(-c5ccc(CNc6cccnc6)cc5)c4CC3CC12. The second-order valence-electron chi connectivity index (χ2n) is 11.7. The van der Waals surface area contributed by atoms with Gasteiger partial charge in [-0.15, -0.1) is 0 Å².